The van der Waals surface area contributed by atoms with E-state index in [0.29, 0.717) is 22.2 Å². The molecule has 116 valence electrons. The van der Waals surface area contributed by atoms with E-state index in [1.54, 1.807) is 19.1 Å². The number of hydrogen-bond donors (Lipinski definition) is 2. The molecule has 2 N–H and O–H groups in total. The van der Waals surface area contributed by atoms with Gasteiger partial charge in [-0.25, -0.2) is 0 Å². The largest absolute Gasteiger partial charge is 0.479 e. The molecular formula is C14H18Cl2N2O3. The monoisotopic (exact) mass is 332 g/mol. The molecule has 0 saturated carbocycles. The minimum absolute atomic E-state index is 0.234. The number of hydrazine groups is 1. The van der Waals surface area contributed by atoms with Gasteiger partial charge in [0.2, 0.25) is 5.91 Å². The number of carbonyl (C=O) groups is 2. The Hall–Kier alpha value is -1.46. The normalized spacial score (nSPS) is 11.6. The summed E-state index contributed by atoms with van der Waals surface area (Å²) >= 11 is 11.7. The first-order chi connectivity index (χ1) is 9.93. The summed E-state index contributed by atoms with van der Waals surface area (Å²) < 4.78 is 5.42. The Morgan fingerprint density at radius 1 is 1.29 bits per heavy atom. The summed E-state index contributed by atoms with van der Waals surface area (Å²) in [5.41, 5.74) is 4.64. The Bertz CT molecular complexity index is 509. The molecular weight excluding hydrogens is 315 g/mol. The zero-order valence-electron chi connectivity index (χ0n) is 11.9. The second-order valence-corrected chi connectivity index (χ2v) is 5.32. The first-order valence-corrected chi connectivity index (χ1v) is 7.40. The topological polar surface area (TPSA) is 67.4 Å². The molecule has 0 radical (unpaired) electrons. The van der Waals surface area contributed by atoms with Crippen molar-refractivity contribution in [2.24, 2.45) is 0 Å². The molecule has 21 heavy (non-hydrogen) atoms. The van der Waals surface area contributed by atoms with Crippen LogP contribution in [0.1, 0.15) is 33.1 Å². The zero-order valence-corrected chi connectivity index (χ0v) is 13.4. The molecule has 0 unspecified atom stereocenters. The van der Waals surface area contributed by atoms with Crippen molar-refractivity contribution in [2.45, 2.75) is 39.2 Å². The van der Waals surface area contributed by atoms with Crippen LogP contribution < -0.4 is 15.6 Å². The van der Waals surface area contributed by atoms with Crippen LogP contribution in [0.4, 0.5) is 0 Å². The molecule has 1 rings (SSSR count). The molecule has 0 spiro atoms. The van der Waals surface area contributed by atoms with Gasteiger partial charge >= 0.3 is 0 Å². The number of benzene rings is 1. The van der Waals surface area contributed by atoms with Crippen LogP contribution >= 0.6 is 23.2 Å². The highest BCUT2D eigenvalue weighted by atomic mass is 35.5. The maximum Gasteiger partial charge on any atom is 0.279 e. The van der Waals surface area contributed by atoms with E-state index in [9.17, 15) is 9.59 Å². The predicted molar refractivity (Wildman–Crippen MR) is 82.4 cm³/mol. The lowest BCUT2D eigenvalue weighted by Gasteiger charge is -2.16. The Morgan fingerprint density at radius 3 is 2.62 bits per heavy atom. The fraction of sp³-hybridized carbons (Fsp3) is 0.429. The van der Waals surface area contributed by atoms with E-state index in [2.05, 4.69) is 10.9 Å². The average Bonchev–Trinajstić information content (AvgIpc) is 2.45. The number of hydrogen-bond acceptors (Lipinski definition) is 3. The molecule has 0 aliphatic heterocycles. The molecule has 2 amide bonds. The summed E-state index contributed by atoms with van der Waals surface area (Å²) in [6, 6.07) is 4.71. The number of rotatable bonds is 6. The van der Waals surface area contributed by atoms with Crippen molar-refractivity contribution in [3.63, 3.8) is 0 Å². The lowest BCUT2D eigenvalue weighted by molar-refractivity contribution is -0.132. The van der Waals surface area contributed by atoms with Crippen molar-refractivity contribution in [3.8, 4) is 5.75 Å². The van der Waals surface area contributed by atoms with E-state index >= 15 is 0 Å². The number of carbonyl (C=O) groups excluding carboxylic acids is 2. The second-order valence-electron chi connectivity index (χ2n) is 4.48. The summed E-state index contributed by atoms with van der Waals surface area (Å²) in [7, 11) is 0. The Morgan fingerprint density at radius 2 is 2.00 bits per heavy atom. The highest BCUT2D eigenvalue weighted by Gasteiger charge is 2.16. The third-order valence-corrected chi connectivity index (χ3v) is 3.18. The molecule has 0 aliphatic carbocycles. The van der Waals surface area contributed by atoms with Gasteiger partial charge in [-0.3, -0.25) is 20.4 Å². The van der Waals surface area contributed by atoms with E-state index < -0.39 is 12.0 Å². The second kappa shape index (κ2) is 8.74. The summed E-state index contributed by atoms with van der Waals surface area (Å²) in [6.07, 6.45) is 1.24. The predicted octanol–water partition coefficient (Wildman–Crippen LogP) is 3.10. The van der Waals surface area contributed by atoms with Crippen molar-refractivity contribution in [1.82, 2.24) is 10.9 Å². The summed E-state index contributed by atoms with van der Waals surface area (Å²) in [5, 5.41) is 0.793. The van der Waals surface area contributed by atoms with Crippen molar-refractivity contribution >= 4 is 35.0 Å². The number of amides is 2. The fourth-order valence-corrected chi connectivity index (χ4v) is 1.90. The number of unbranched alkanes of at least 4 members (excludes halogenated alkanes) is 1. The van der Waals surface area contributed by atoms with Crippen molar-refractivity contribution in [1.29, 1.82) is 0 Å². The van der Waals surface area contributed by atoms with E-state index in [0.717, 1.165) is 12.8 Å². The lowest BCUT2D eigenvalue weighted by Crippen LogP contribution is -2.47. The number of ether oxygens (including phenoxy) is 1. The van der Waals surface area contributed by atoms with E-state index in [4.69, 9.17) is 27.9 Å². The Balaban J connectivity index is 2.45. The SMILES string of the molecule is CCCCC(=O)NNC(=O)[C@H](C)Oc1ccc(Cl)cc1Cl. The van der Waals surface area contributed by atoms with Crippen LogP contribution in [0.5, 0.6) is 5.75 Å². The van der Waals surface area contributed by atoms with Crippen molar-refractivity contribution < 1.29 is 14.3 Å². The van der Waals surface area contributed by atoms with Gasteiger partial charge in [-0.1, -0.05) is 36.5 Å². The zero-order chi connectivity index (χ0) is 15.8. The lowest BCUT2D eigenvalue weighted by atomic mass is 10.2. The molecule has 0 fully saturated rings. The molecule has 5 nitrogen and oxygen atoms in total. The van der Waals surface area contributed by atoms with Crippen molar-refractivity contribution in [2.75, 3.05) is 0 Å². The quantitative estimate of drug-likeness (QED) is 0.786. The third kappa shape index (κ3) is 6.23. The number of nitrogens with one attached hydrogen (secondary N) is 2. The molecule has 0 bridgehead atoms. The van der Waals surface area contributed by atoms with Crippen LogP contribution in [0.3, 0.4) is 0 Å². The maximum atomic E-state index is 11.8. The third-order valence-electron chi connectivity index (χ3n) is 2.65. The molecule has 1 aromatic carbocycles. The van der Waals surface area contributed by atoms with Gasteiger partial charge in [0.15, 0.2) is 6.10 Å². The minimum atomic E-state index is -0.810. The van der Waals surface area contributed by atoms with Gasteiger partial charge < -0.3 is 4.74 Å². The average molecular weight is 333 g/mol. The van der Waals surface area contributed by atoms with Crippen LogP contribution in [-0.2, 0) is 9.59 Å². The van der Waals surface area contributed by atoms with E-state index in [-0.39, 0.29) is 5.91 Å². The van der Waals surface area contributed by atoms with Gasteiger partial charge in [0.05, 0.1) is 5.02 Å². The molecule has 0 heterocycles. The van der Waals surface area contributed by atoms with Gasteiger partial charge in [0.1, 0.15) is 5.75 Å². The fourth-order valence-electron chi connectivity index (χ4n) is 1.45. The summed E-state index contributed by atoms with van der Waals surface area (Å²) in [6.45, 7) is 3.54. The molecule has 1 aromatic rings. The molecule has 0 aliphatic rings. The van der Waals surface area contributed by atoms with Gasteiger partial charge in [-0.2, -0.15) is 0 Å². The number of halogens is 2. The van der Waals surface area contributed by atoms with Crippen LogP contribution in [0.25, 0.3) is 0 Å². The van der Waals surface area contributed by atoms with Crippen LogP contribution in [0.2, 0.25) is 10.0 Å². The van der Waals surface area contributed by atoms with E-state index in [1.807, 2.05) is 6.92 Å². The van der Waals surface area contributed by atoms with Crippen molar-refractivity contribution in [3.05, 3.63) is 28.2 Å². The molecule has 0 aromatic heterocycles. The first kappa shape index (κ1) is 17.6. The highest BCUT2D eigenvalue weighted by Crippen LogP contribution is 2.28. The van der Waals surface area contributed by atoms with Gasteiger partial charge in [-0.15, -0.1) is 0 Å². The first-order valence-electron chi connectivity index (χ1n) is 6.64. The van der Waals surface area contributed by atoms with Gasteiger partial charge in [-0.05, 0) is 31.5 Å². The molecule has 0 saturated heterocycles. The Kier molecular flexibility index (Phi) is 7.32. The van der Waals surface area contributed by atoms with E-state index in [1.165, 1.54) is 6.07 Å². The Labute approximate surface area is 133 Å². The van der Waals surface area contributed by atoms with Gasteiger partial charge in [0, 0.05) is 11.4 Å². The van der Waals surface area contributed by atoms with Crippen LogP contribution in [-0.4, -0.2) is 17.9 Å². The minimum Gasteiger partial charge on any atom is -0.479 e. The molecule has 1 atom stereocenters. The summed E-state index contributed by atoms with van der Waals surface area (Å²) in [4.78, 5) is 23.2. The van der Waals surface area contributed by atoms with Crippen LogP contribution in [0, 0.1) is 0 Å². The van der Waals surface area contributed by atoms with Crippen LogP contribution in [0.15, 0.2) is 18.2 Å². The smallest absolute Gasteiger partial charge is 0.279 e. The maximum absolute atomic E-state index is 11.8. The summed E-state index contributed by atoms with van der Waals surface area (Å²) in [5.74, 6) is -0.353. The standard InChI is InChI=1S/C14H18Cl2N2O3/c1-3-4-5-13(19)17-18-14(20)9(2)21-12-7-6-10(15)8-11(12)16/h6-9H,3-5H2,1-2H3,(H,17,19)(H,18,20)/t9-/m0/s1. The highest BCUT2D eigenvalue weighted by molar-refractivity contribution is 6.35. The molecule has 7 heteroatoms. The van der Waals surface area contributed by atoms with Gasteiger partial charge in [0.25, 0.3) is 5.91 Å².